The third-order valence-corrected chi connectivity index (χ3v) is 2.25. The summed E-state index contributed by atoms with van der Waals surface area (Å²) in [6.07, 6.45) is 6.63. The molecule has 74 valence electrons. The van der Waals surface area contributed by atoms with Crippen molar-refractivity contribution in [3.8, 4) is 0 Å². The molecule has 1 aliphatic heterocycles. The standard InChI is InChI=1S/C10H12N2O2/c1-12-5-4-11-10(12)9(13)8-3-2-6-14-7-8/h4-5,7H,2-3,6H2,1H3. The highest BCUT2D eigenvalue weighted by Gasteiger charge is 2.18. The van der Waals surface area contributed by atoms with Gasteiger partial charge in [0.25, 0.3) is 0 Å². The molecule has 1 aromatic heterocycles. The summed E-state index contributed by atoms with van der Waals surface area (Å²) in [6, 6.07) is 0. The van der Waals surface area contributed by atoms with Crippen LogP contribution in [0.3, 0.4) is 0 Å². The van der Waals surface area contributed by atoms with Crippen LogP contribution in [-0.2, 0) is 11.8 Å². The number of aryl methyl sites for hydroxylation is 1. The smallest absolute Gasteiger partial charge is 0.227 e. The van der Waals surface area contributed by atoms with Gasteiger partial charge in [0.1, 0.15) is 0 Å². The van der Waals surface area contributed by atoms with Crippen LogP contribution in [0.4, 0.5) is 0 Å². The Hall–Kier alpha value is -1.58. The van der Waals surface area contributed by atoms with E-state index >= 15 is 0 Å². The summed E-state index contributed by atoms with van der Waals surface area (Å²) < 4.78 is 6.84. The molecule has 1 aromatic rings. The molecule has 1 aliphatic rings. The molecule has 0 aliphatic carbocycles. The summed E-state index contributed by atoms with van der Waals surface area (Å²) >= 11 is 0. The van der Waals surface area contributed by atoms with Crippen LogP contribution < -0.4 is 0 Å². The lowest BCUT2D eigenvalue weighted by Crippen LogP contribution is -2.13. The summed E-state index contributed by atoms with van der Waals surface area (Å²) in [7, 11) is 1.81. The molecule has 0 radical (unpaired) electrons. The fourth-order valence-corrected chi connectivity index (χ4v) is 1.46. The van der Waals surface area contributed by atoms with E-state index in [9.17, 15) is 4.79 Å². The fourth-order valence-electron chi connectivity index (χ4n) is 1.46. The fraction of sp³-hybridized carbons (Fsp3) is 0.400. The Balaban J connectivity index is 2.23. The van der Waals surface area contributed by atoms with Gasteiger partial charge in [-0.15, -0.1) is 0 Å². The minimum atomic E-state index is -0.0304. The third-order valence-electron chi connectivity index (χ3n) is 2.25. The molecule has 0 atom stereocenters. The third kappa shape index (κ3) is 1.55. The van der Waals surface area contributed by atoms with Crippen LogP contribution in [0.1, 0.15) is 23.5 Å². The van der Waals surface area contributed by atoms with E-state index in [2.05, 4.69) is 4.98 Å². The Bertz CT molecular complexity index is 379. The van der Waals surface area contributed by atoms with E-state index in [1.165, 1.54) is 0 Å². The number of allylic oxidation sites excluding steroid dienone is 1. The summed E-state index contributed by atoms with van der Waals surface area (Å²) in [4.78, 5) is 15.9. The minimum absolute atomic E-state index is 0.0304. The number of ketones is 1. The molecular formula is C10H12N2O2. The van der Waals surface area contributed by atoms with Gasteiger partial charge in [0, 0.05) is 25.0 Å². The predicted molar refractivity (Wildman–Crippen MR) is 50.8 cm³/mol. The largest absolute Gasteiger partial charge is 0.501 e. The van der Waals surface area contributed by atoms with Crippen molar-refractivity contribution in [2.45, 2.75) is 12.8 Å². The van der Waals surface area contributed by atoms with Gasteiger partial charge in [0.05, 0.1) is 12.9 Å². The number of imidazole rings is 1. The average molecular weight is 192 g/mol. The van der Waals surface area contributed by atoms with Gasteiger partial charge in [0.15, 0.2) is 5.82 Å². The van der Waals surface area contributed by atoms with Crippen molar-refractivity contribution in [3.63, 3.8) is 0 Å². The lowest BCUT2D eigenvalue weighted by molar-refractivity contribution is 0.0997. The molecule has 0 unspecified atom stereocenters. The highest BCUT2D eigenvalue weighted by molar-refractivity contribution is 6.06. The molecule has 0 N–H and O–H groups in total. The summed E-state index contributed by atoms with van der Waals surface area (Å²) in [5.74, 6) is 0.443. The van der Waals surface area contributed by atoms with Gasteiger partial charge in [-0.25, -0.2) is 4.98 Å². The van der Waals surface area contributed by atoms with Gasteiger partial charge in [0.2, 0.25) is 5.78 Å². The Morgan fingerprint density at radius 1 is 1.64 bits per heavy atom. The Labute approximate surface area is 82.2 Å². The number of hydrogen-bond acceptors (Lipinski definition) is 3. The second-order valence-electron chi connectivity index (χ2n) is 3.31. The molecule has 0 spiro atoms. The van der Waals surface area contributed by atoms with Gasteiger partial charge < -0.3 is 9.30 Å². The Kier molecular flexibility index (Phi) is 2.35. The average Bonchev–Trinajstić information content (AvgIpc) is 2.65. The van der Waals surface area contributed by atoms with Crippen molar-refractivity contribution in [3.05, 3.63) is 30.1 Å². The van der Waals surface area contributed by atoms with Crippen molar-refractivity contribution in [2.75, 3.05) is 6.61 Å². The van der Waals surface area contributed by atoms with Crippen LogP contribution in [0.5, 0.6) is 0 Å². The quantitative estimate of drug-likeness (QED) is 0.663. The summed E-state index contributed by atoms with van der Waals surface area (Å²) in [6.45, 7) is 0.706. The van der Waals surface area contributed by atoms with Crippen LogP contribution in [0.2, 0.25) is 0 Å². The number of carbonyl (C=O) groups excluding carboxylic acids is 1. The van der Waals surface area contributed by atoms with Crippen LogP contribution in [-0.4, -0.2) is 21.9 Å². The lowest BCUT2D eigenvalue weighted by atomic mass is 10.1. The van der Waals surface area contributed by atoms with Crippen molar-refractivity contribution in [1.29, 1.82) is 0 Å². The maximum absolute atomic E-state index is 11.9. The first-order valence-corrected chi connectivity index (χ1v) is 4.61. The van der Waals surface area contributed by atoms with E-state index < -0.39 is 0 Å². The van der Waals surface area contributed by atoms with E-state index in [0.29, 0.717) is 18.0 Å². The zero-order valence-electron chi connectivity index (χ0n) is 8.06. The molecule has 14 heavy (non-hydrogen) atoms. The van der Waals surface area contributed by atoms with Gasteiger partial charge in [-0.3, -0.25) is 4.79 Å². The Morgan fingerprint density at radius 2 is 2.50 bits per heavy atom. The van der Waals surface area contributed by atoms with Crippen LogP contribution in [0.15, 0.2) is 24.2 Å². The lowest BCUT2D eigenvalue weighted by Gasteiger charge is -2.12. The van der Waals surface area contributed by atoms with Crippen molar-refractivity contribution < 1.29 is 9.53 Å². The van der Waals surface area contributed by atoms with Crippen LogP contribution in [0.25, 0.3) is 0 Å². The highest BCUT2D eigenvalue weighted by atomic mass is 16.5. The molecular weight excluding hydrogens is 180 g/mol. The number of aromatic nitrogens is 2. The maximum Gasteiger partial charge on any atom is 0.227 e. The molecule has 0 saturated carbocycles. The van der Waals surface area contributed by atoms with Gasteiger partial charge in [-0.1, -0.05) is 0 Å². The van der Waals surface area contributed by atoms with E-state index in [4.69, 9.17) is 4.74 Å². The molecule has 0 bridgehead atoms. The molecule has 2 rings (SSSR count). The van der Waals surface area contributed by atoms with E-state index in [0.717, 1.165) is 12.8 Å². The van der Waals surface area contributed by atoms with Crippen molar-refractivity contribution >= 4 is 5.78 Å². The van der Waals surface area contributed by atoms with Gasteiger partial charge in [-0.05, 0) is 12.8 Å². The number of Topliss-reactive ketones (excluding diaryl/α,β-unsaturated/α-hetero) is 1. The minimum Gasteiger partial charge on any atom is -0.501 e. The maximum atomic E-state index is 11.9. The molecule has 0 aromatic carbocycles. The topological polar surface area (TPSA) is 44.1 Å². The predicted octanol–water partition coefficient (Wildman–Crippen LogP) is 1.30. The number of nitrogens with zero attached hydrogens (tertiary/aromatic N) is 2. The summed E-state index contributed by atoms with van der Waals surface area (Å²) in [5, 5.41) is 0. The van der Waals surface area contributed by atoms with Gasteiger partial charge >= 0.3 is 0 Å². The zero-order valence-corrected chi connectivity index (χ0v) is 8.06. The molecule has 4 nitrogen and oxygen atoms in total. The SMILES string of the molecule is Cn1ccnc1C(=O)C1=COCCC1. The summed E-state index contributed by atoms with van der Waals surface area (Å²) in [5.41, 5.74) is 0.713. The molecule has 0 amide bonds. The number of carbonyl (C=O) groups is 1. The monoisotopic (exact) mass is 192 g/mol. The van der Waals surface area contributed by atoms with Crippen molar-refractivity contribution in [2.24, 2.45) is 7.05 Å². The van der Waals surface area contributed by atoms with E-state index in [1.807, 2.05) is 7.05 Å². The molecule has 4 heteroatoms. The molecule has 0 fully saturated rings. The first-order chi connectivity index (χ1) is 6.79. The second kappa shape index (κ2) is 3.65. The number of ether oxygens (including phenoxy) is 1. The van der Waals surface area contributed by atoms with Gasteiger partial charge in [-0.2, -0.15) is 0 Å². The first-order valence-electron chi connectivity index (χ1n) is 4.61. The highest BCUT2D eigenvalue weighted by Crippen LogP contribution is 2.16. The molecule has 0 saturated heterocycles. The van der Waals surface area contributed by atoms with Crippen LogP contribution >= 0.6 is 0 Å². The van der Waals surface area contributed by atoms with Crippen molar-refractivity contribution in [1.82, 2.24) is 9.55 Å². The van der Waals surface area contributed by atoms with E-state index in [-0.39, 0.29) is 5.78 Å². The number of hydrogen-bond donors (Lipinski definition) is 0. The van der Waals surface area contributed by atoms with Crippen LogP contribution in [0, 0.1) is 0 Å². The normalized spacial score (nSPS) is 15.9. The zero-order chi connectivity index (χ0) is 9.97. The second-order valence-corrected chi connectivity index (χ2v) is 3.31. The first kappa shape index (κ1) is 8.99. The molecule has 2 heterocycles. The van der Waals surface area contributed by atoms with E-state index in [1.54, 1.807) is 23.2 Å². The Morgan fingerprint density at radius 3 is 3.07 bits per heavy atom. The number of rotatable bonds is 2.